The molecule has 7 nitrogen and oxygen atoms in total. The fourth-order valence-electron chi connectivity index (χ4n) is 6.07. The molecular weight excluding hydrogens is 476 g/mol. The number of carbonyl (C=O) groups excluding carboxylic acids is 1. The quantitative estimate of drug-likeness (QED) is 0.429. The number of anilines is 2. The number of carbonyl (C=O) groups is 1. The van der Waals surface area contributed by atoms with Crippen molar-refractivity contribution in [3.05, 3.63) is 63.4 Å². The van der Waals surface area contributed by atoms with Gasteiger partial charge in [0.15, 0.2) is 0 Å². The van der Waals surface area contributed by atoms with Crippen LogP contribution in [0.2, 0.25) is 0 Å². The minimum absolute atomic E-state index is 0.00257. The summed E-state index contributed by atoms with van der Waals surface area (Å²) in [5.41, 5.74) is 3.96. The van der Waals surface area contributed by atoms with Gasteiger partial charge in [-0.3, -0.25) is 9.36 Å². The molecule has 0 unspecified atom stereocenters. The summed E-state index contributed by atoms with van der Waals surface area (Å²) in [6, 6.07) is 11.5. The Morgan fingerprint density at radius 1 is 1.11 bits per heavy atom. The van der Waals surface area contributed by atoms with E-state index in [-0.39, 0.29) is 11.5 Å². The first-order chi connectivity index (χ1) is 18.1. The predicted molar refractivity (Wildman–Crippen MR) is 153 cm³/mol. The van der Waals surface area contributed by atoms with Crippen molar-refractivity contribution in [3.8, 4) is 0 Å². The highest BCUT2D eigenvalue weighted by Gasteiger charge is 2.44. The average Bonchev–Trinajstić information content (AvgIpc) is 2.85. The van der Waals surface area contributed by atoms with E-state index in [1.165, 1.54) is 32.1 Å². The highest BCUT2D eigenvalue weighted by Crippen LogP contribution is 2.45. The predicted octanol–water partition coefficient (Wildman–Crippen LogP) is 5.62. The van der Waals surface area contributed by atoms with Crippen LogP contribution in [0.15, 0.2) is 41.2 Å². The van der Waals surface area contributed by atoms with Gasteiger partial charge in [-0.25, -0.2) is 9.78 Å². The number of fused-ring (bicyclic) bond motifs is 1. The monoisotopic (exact) mass is 516 g/mol. The Kier molecular flexibility index (Phi) is 6.97. The summed E-state index contributed by atoms with van der Waals surface area (Å²) in [4.78, 5) is 33.5. The number of para-hydroxylation sites is 1. The molecule has 38 heavy (non-hydrogen) atoms. The third-order valence-electron chi connectivity index (χ3n) is 7.89. The third kappa shape index (κ3) is 5.29. The Hall–Kier alpha value is -3.35. The van der Waals surface area contributed by atoms with E-state index in [0.29, 0.717) is 29.3 Å². The number of aryl methyl sites for hydroxylation is 1. The van der Waals surface area contributed by atoms with Crippen LogP contribution in [-0.4, -0.2) is 40.8 Å². The van der Waals surface area contributed by atoms with Crippen LogP contribution in [0, 0.1) is 12.3 Å². The maximum atomic E-state index is 13.4. The van der Waals surface area contributed by atoms with Gasteiger partial charge >= 0.3 is 5.97 Å². The lowest BCUT2D eigenvalue weighted by Crippen LogP contribution is -2.58. The number of benzene rings is 2. The molecule has 0 amide bonds. The normalized spacial score (nSPS) is 16.9. The van der Waals surface area contributed by atoms with Crippen molar-refractivity contribution in [2.24, 2.45) is 12.5 Å². The largest absolute Gasteiger partial charge is 0.456 e. The van der Waals surface area contributed by atoms with Gasteiger partial charge in [-0.1, -0.05) is 37.5 Å². The molecule has 0 atom stereocenters. The fraction of sp³-hybridized carbons (Fsp3) is 0.516. The molecule has 1 aromatic heterocycles. The van der Waals surface area contributed by atoms with Crippen LogP contribution in [0.5, 0.6) is 0 Å². The van der Waals surface area contributed by atoms with E-state index in [1.807, 2.05) is 59.0 Å². The number of hydrogen-bond donors (Lipinski definition) is 1. The van der Waals surface area contributed by atoms with Gasteiger partial charge in [-0.2, -0.15) is 0 Å². The lowest BCUT2D eigenvalue weighted by molar-refractivity contribution is 0.00706. The minimum Gasteiger partial charge on any atom is -0.456 e. The molecular formula is C31H40N4O3. The Balaban J connectivity index is 1.38. The van der Waals surface area contributed by atoms with Crippen LogP contribution in [0.3, 0.4) is 0 Å². The molecule has 1 spiro atoms. The van der Waals surface area contributed by atoms with Gasteiger partial charge in [0.2, 0.25) is 5.95 Å². The van der Waals surface area contributed by atoms with E-state index in [9.17, 15) is 9.59 Å². The minimum atomic E-state index is -0.562. The van der Waals surface area contributed by atoms with Crippen LogP contribution >= 0.6 is 0 Å². The van der Waals surface area contributed by atoms with Gasteiger partial charge in [0.25, 0.3) is 5.56 Å². The standard InChI is InChI=1S/C31H40N4O3/c1-21-17-22(13-16-32-25-12-8-7-11-23(25)28(37)38-30(2,3)4)26-24(18-21)27(36)34(5)29(33-26)35-19-31(20-35)14-9-6-10-15-31/h7-8,11-12,17-18,32H,6,9-10,13-16,19-20H2,1-5H3. The van der Waals surface area contributed by atoms with Gasteiger partial charge in [-0.05, 0) is 76.3 Å². The molecule has 2 fully saturated rings. The van der Waals surface area contributed by atoms with Gasteiger partial charge in [0.05, 0.1) is 16.5 Å². The summed E-state index contributed by atoms with van der Waals surface area (Å²) in [7, 11) is 1.84. The Labute approximate surface area is 225 Å². The maximum absolute atomic E-state index is 13.4. The molecule has 3 aromatic rings. The zero-order valence-electron chi connectivity index (χ0n) is 23.4. The number of ether oxygens (including phenoxy) is 1. The topological polar surface area (TPSA) is 76.5 Å². The van der Waals surface area contributed by atoms with Crippen molar-refractivity contribution < 1.29 is 9.53 Å². The highest BCUT2D eigenvalue weighted by atomic mass is 16.6. The second kappa shape index (κ2) is 10.1. The second-order valence-corrected chi connectivity index (χ2v) is 12.2. The van der Waals surface area contributed by atoms with E-state index in [4.69, 9.17) is 9.72 Å². The summed E-state index contributed by atoms with van der Waals surface area (Å²) in [6.07, 6.45) is 7.20. The Bertz CT molecular complexity index is 1410. The van der Waals surface area contributed by atoms with Crippen molar-refractivity contribution in [2.75, 3.05) is 29.9 Å². The number of nitrogens with one attached hydrogen (secondary N) is 1. The zero-order chi connectivity index (χ0) is 27.1. The second-order valence-electron chi connectivity index (χ2n) is 12.2. The van der Waals surface area contributed by atoms with Gasteiger partial charge in [0, 0.05) is 37.8 Å². The number of aromatic nitrogens is 2. The van der Waals surface area contributed by atoms with E-state index >= 15 is 0 Å². The molecule has 1 aliphatic heterocycles. The summed E-state index contributed by atoms with van der Waals surface area (Å²) >= 11 is 0. The maximum Gasteiger partial charge on any atom is 0.340 e. The van der Waals surface area contributed by atoms with Crippen LogP contribution in [-0.2, 0) is 18.2 Å². The molecule has 5 rings (SSSR count). The molecule has 1 saturated heterocycles. The molecule has 2 aromatic carbocycles. The third-order valence-corrected chi connectivity index (χ3v) is 7.89. The molecule has 1 saturated carbocycles. The molecule has 7 heteroatoms. The van der Waals surface area contributed by atoms with E-state index in [0.717, 1.165) is 41.4 Å². The summed E-state index contributed by atoms with van der Waals surface area (Å²) < 4.78 is 7.31. The zero-order valence-corrected chi connectivity index (χ0v) is 23.4. The van der Waals surface area contributed by atoms with Crippen molar-refractivity contribution in [1.82, 2.24) is 9.55 Å². The van der Waals surface area contributed by atoms with Gasteiger partial charge in [0.1, 0.15) is 5.60 Å². The SMILES string of the molecule is Cc1cc(CCNc2ccccc2C(=O)OC(C)(C)C)c2nc(N3CC4(CCCCC4)C3)n(C)c(=O)c2c1. The summed E-state index contributed by atoms with van der Waals surface area (Å²) in [5, 5.41) is 4.08. The van der Waals surface area contributed by atoms with Crippen LogP contribution in [0.1, 0.15) is 74.4 Å². The van der Waals surface area contributed by atoms with Crippen LogP contribution in [0.25, 0.3) is 10.9 Å². The first kappa shape index (κ1) is 26.3. The van der Waals surface area contributed by atoms with E-state index in [1.54, 1.807) is 10.6 Å². The number of rotatable bonds is 6. The summed E-state index contributed by atoms with van der Waals surface area (Å²) in [6.45, 7) is 10.2. The van der Waals surface area contributed by atoms with Crippen LogP contribution < -0.4 is 15.8 Å². The van der Waals surface area contributed by atoms with Crippen molar-refractivity contribution in [1.29, 1.82) is 0 Å². The van der Waals surface area contributed by atoms with Crippen molar-refractivity contribution >= 4 is 28.5 Å². The van der Waals surface area contributed by atoms with E-state index in [2.05, 4.69) is 16.3 Å². The summed E-state index contributed by atoms with van der Waals surface area (Å²) in [5.74, 6) is 0.425. The molecule has 2 aliphatic rings. The van der Waals surface area contributed by atoms with Crippen molar-refractivity contribution in [2.45, 2.75) is 71.8 Å². The lowest BCUT2D eigenvalue weighted by atomic mass is 9.69. The molecule has 0 bridgehead atoms. The number of hydrogen-bond acceptors (Lipinski definition) is 6. The molecule has 2 heterocycles. The smallest absolute Gasteiger partial charge is 0.340 e. The van der Waals surface area contributed by atoms with Gasteiger partial charge in [-0.15, -0.1) is 0 Å². The highest BCUT2D eigenvalue weighted by molar-refractivity contribution is 5.95. The van der Waals surface area contributed by atoms with Gasteiger partial charge < -0.3 is 15.0 Å². The lowest BCUT2D eigenvalue weighted by Gasteiger charge is -2.53. The molecule has 1 N–H and O–H groups in total. The Morgan fingerprint density at radius 2 is 1.82 bits per heavy atom. The Morgan fingerprint density at radius 3 is 2.53 bits per heavy atom. The van der Waals surface area contributed by atoms with Crippen LogP contribution in [0.4, 0.5) is 11.6 Å². The number of nitrogens with zero attached hydrogens (tertiary/aromatic N) is 3. The van der Waals surface area contributed by atoms with Crippen molar-refractivity contribution in [3.63, 3.8) is 0 Å². The molecule has 0 radical (unpaired) electrons. The van der Waals surface area contributed by atoms with E-state index < -0.39 is 5.60 Å². The molecule has 1 aliphatic carbocycles. The fourth-order valence-corrected chi connectivity index (χ4v) is 6.07. The molecule has 202 valence electrons. The first-order valence-electron chi connectivity index (χ1n) is 13.9. The first-order valence-corrected chi connectivity index (χ1v) is 13.9. The number of esters is 1. The average molecular weight is 517 g/mol.